The Morgan fingerprint density at radius 2 is 2.09 bits per heavy atom. The predicted octanol–water partition coefficient (Wildman–Crippen LogP) is 1.27. The molecule has 0 aliphatic rings. The molecule has 0 aliphatic heterocycles. The van der Waals surface area contributed by atoms with Gasteiger partial charge in [0.25, 0.3) is 0 Å². The number of aromatic nitrogens is 7. The summed E-state index contributed by atoms with van der Waals surface area (Å²) in [7, 11) is 0. The number of tetrazole rings is 1. The first-order chi connectivity index (χ1) is 10.8. The van der Waals surface area contributed by atoms with Gasteiger partial charge in [-0.25, -0.2) is 4.98 Å². The molecule has 0 atom stereocenters. The third-order valence-corrected chi connectivity index (χ3v) is 2.83. The van der Waals surface area contributed by atoms with Crippen LogP contribution in [0.1, 0.15) is 11.6 Å². The van der Waals surface area contributed by atoms with Crippen LogP contribution in [-0.4, -0.2) is 35.8 Å². The summed E-state index contributed by atoms with van der Waals surface area (Å²) < 4.78 is 0. The summed E-state index contributed by atoms with van der Waals surface area (Å²) >= 11 is 0. The number of nitrogens with zero attached hydrogens (tertiary/aromatic N) is 6. The minimum atomic E-state index is 0.239. The van der Waals surface area contributed by atoms with E-state index in [9.17, 15) is 0 Å². The second kappa shape index (κ2) is 5.84. The molecule has 9 nitrogen and oxygen atoms in total. The second-order valence-corrected chi connectivity index (χ2v) is 4.37. The first-order valence-electron chi connectivity index (χ1n) is 6.36. The molecule has 0 aliphatic carbocycles. The number of H-pyrrole nitrogens is 2. The van der Waals surface area contributed by atoms with Gasteiger partial charge in [0.2, 0.25) is 5.82 Å². The van der Waals surface area contributed by atoms with Crippen LogP contribution >= 0.6 is 0 Å². The molecule has 0 spiro atoms. The summed E-state index contributed by atoms with van der Waals surface area (Å²) in [6.45, 7) is 1.85. The number of rotatable bonds is 4. The van der Waals surface area contributed by atoms with E-state index in [-0.39, 0.29) is 11.4 Å². The summed E-state index contributed by atoms with van der Waals surface area (Å²) in [5, 5.41) is 32.2. The average Bonchev–Trinajstić information content (AvgIpc) is 3.20. The Hall–Kier alpha value is -3.54. The van der Waals surface area contributed by atoms with Crippen LogP contribution in [0.15, 0.2) is 30.5 Å². The Bertz CT molecular complexity index is 821. The number of hydrogen-bond donors (Lipinski definition) is 3. The van der Waals surface area contributed by atoms with Crippen LogP contribution in [0, 0.1) is 18.3 Å². The largest absolute Gasteiger partial charge is 0.360 e. The number of anilines is 1. The zero-order chi connectivity index (χ0) is 15.4. The van der Waals surface area contributed by atoms with Crippen molar-refractivity contribution in [3.63, 3.8) is 0 Å². The highest BCUT2D eigenvalue weighted by molar-refractivity contribution is 5.74. The molecule has 0 radical (unpaired) electrons. The zero-order valence-electron chi connectivity index (χ0n) is 11.6. The maximum atomic E-state index is 9.07. The number of aryl methyl sites for hydroxylation is 1. The van der Waals surface area contributed by atoms with Crippen molar-refractivity contribution < 1.29 is 0 Å². The van der Waals surface area contributed by atoms with E-state index in [4.69, 9.17) is 5.26 Å². The first kappa shape index (κ1) is 13.4. The number of allylic oxidation sites excluding steroid dienone is 1. The Morgan fingerprint density at radius 1 is 1.27 bits per heavy atom. The number of benzene rings is 1. The van der Waals surface area contributed by atoms with Gasteiger partial charge in [-0.3, -0.25) is 5.10 Å². The lowest BCUT2D eigenvalue weighted by molar-refractivity contribution is 0.881. The van der Waals surface area contributed by atoms with Gasteiger partial charge in [-0.05, 0) is 36.4 Å². The van der Waals surface area contributed by atoms with Crippen molar-refractivity contribution in [3.05, 3.63) is 42.1 Å². The number of nitriles is 1. The fraction of sp³-hybridized carbons (Fsp3) is 0.0769. The van der Waals surface area contributed by atoms with Gasteiger partial charge in [0.1, 0.15) is 17.5 Å². The minimum Gasteiger partial charge on any atom is -0.360 e. The molecule has 0 saturated carbocycles. The van der Waals surface area contributed by atoms with Gasteiger partial charge >= 0.3 is 0 Å². The third kappa shape index (κ3) is 2.80. The third-order valence-electron chi connectivity index (χ3n) is 2.83. The fourth-order valence-electron chi connectivity index (χ4n) is 1.77. The van der Waals surface area contributed by atoms with Gasteiger partial charge in [-0.1, -0.05) is 0 Å². The molecule has 0 saturated heterocycles. The van der Waals surface area contributed by atoms with Gasteiger partial charge < -0.3 is 5.32 Å². The van der Waals surface area contributed by atoms with E-state index in [1.807, 2.05) is 37.3 Å². The highest BCUT2D eigenvalue weighted by Crippen LogP contribution is 2.18. The monoisotopic (exact) mass is 293 g/mol. The lowest BCUT2D eigenvalue weighted by atomic mass is 10.2. The van der Waals surface area contributed by atoms with E-state index in [2.05, 4.69) is 41.1 Å². The number of hydrogen-bond acceptors (Lipinski definition) is 7. The van der Waals surface area contributed by atoms with Gasteiger partial charge in [0.05, 0.1) is 0 Å². The number of aromatic amines is 2. The van der Waals surface area contributed by atoms with Crippen LogP contribution in [0.25, 0.3) is 17.0 Å². The molecule has 0 fully saturated rings. The normalized spacial score (nSPS) is 11.2. The molecule has 3 rings (SSSR count). The van der Waals surface area contributed by atoms with E-state index < -0.39 is 0 Å². The summed E-state index contributed by atoms with van der Waals surface area (Å²) in [4.78, 5) is 4.26. The van der Waals surface area contributed by atoms with Gasteiger partial charge in [-0.15, -0.1) is 10.2 Å². The van der Waals surface area contributed by atoms with Crippen molar-refractivity contribution in [2.24, 2.45) is 0 Å². The van der Waals surface area contributed by atoms with E-state index in [0.29, 0.717) is 5.82 Å². The predicted molar refractivity (Wildman–Crippen MR) is 77.9 cm³/mol. The highest BCUT2D eigenvalue weighted by Gasteiger charge is 2.06. The Morgan fingerprint density at radius 3 is 2.68 bits per heavy atom. The van der Waals surface area contributed by atoms with E-state index in [0.717, 1.165) is 17.1 Å². The van der Waals surface area contributed by atoms with Crippen LogP contribution in [0.3, 0.4) is 0 Å². The second-order valence-electron chi connectivity index (χ2n) is 4.37. The average molecular weight is 293 g/mol. The summed E-state index contributed by atoms with van der Waals surface area (Å²) in [6, 6.07) is 9.51. The molecule has 0 bridgehead atoms. The van der Waals surface area contributed by atoms with Gasteiger partial charge in [-0.2, -0.15) is 15.6 Å². The summed E-state index contributed by atoms with van der Waals surface area (Å²) in [5.74, 6) is 1.64. The Labute approximate surface area is 125 Å². The fourth-order valence-corrected chi connectivity index (χ4v) is 1.77. The van der Waals surface area contributed by atoms with Crippen molar-refractivity contribution in [1.29, 1.82) is 5.26 Å². The Balaban J connectivity index is 1.75. The van der Waals surface area contributed by atoms with E-state index >= 15 is 0 Å². The minimum absolute atomic E-state index is 0.239. The molecule has 2 heterocycles. The molecule has 0 unspecified atom stereocenters. The smallest absolute Gasteiger partial charge is 0.216 e. The van der Waals surface area contributed by atoms with Gasteiger partial charge in [0, 0.05) is 17.5 Å². The topological polar surface area (TPSA) is 132 Å². The molecule has 3 N–H and O–H groups in total. The van der Waals surface area contributed by atoms with Crippen molar-refractivity contribution in [2.45, 2.75) is 6.92 Å². The SMILES string of the molecule is Cc1nc(-c2ccc(NC=C(C#N)c3nn[nH]n3)cc2)n[nH]1. The van der Waals surface area contributed by atoms with Crippen molar-refractivity contribution in [1.82, 2.24) is 35.8 Å². The molecule has 1 aromatic carbocycles. The van der Waals surface area contributed by atoms with Crippen LogP contribution in [0.2, 0.25) is 0 Å². The van der Waals surface area contributed by atoms with E-state index in [1.54, 1.807) is 0 Å². The van der Waals surface area contributed by atoms with E-state index in [1.165, 1.54) is 6.20 Å². The molecule has 2 aromatic heterocycles. The van der Waals surface area contributed by atoms with Crippen LogP contribution in [0.4, 0.5) is 5.69 Å². The molecule has 9 heteroatoms. The zero-order valence-corrected chi connectivity index (χ0v) is 11.6. The maximum Gasteiger partial charge on any atom is 0.216 e. The first-order valence-corrected chi connectivity index (χ1v) is 6.36. The lowest BCUT2D eigenvalue weighted by Crippen LogP contribution is -1.93. The molecule has 22 heavy (non-hydrogen) atoms. The lowest BCUT2D eigenvalue weighted by Gasteiger charge is -2.02. The molecule has 108 valence electrons. The number of nitrogens with one attached hydrogen (secondary N) is 3. The Kier molecular flexibility index (Phi) is 3.57. The highest BCUT2D eigenvalue weighted by atomic mass is 15.5. The summed E-state index contributed by atoms with van der Waals surface area (Å²) in [6.07, 6.45) is 1.52. The molecular formula is C13H11N9. The van der Waals surface area contributed by atoms with Gasteiger partial charge in [0.15, 0.2) is 5.82 Å². The van der Waals surface area contributed by atoms with Crippen molar-refractivity contribution in [2.75, 3.05) is 5.32 Å². The molecule has 0 amide bonds. The van der Waals surface area contributed by atoms with Crippen LogP contribution in [-0.2, 0) is 0 Å². The maximum absolute atomic E-state index is 9.07. The van der Waals surface area contributed by atoms with Crippen molar-refractivity contribution in [3.8, 4) is 17.5 Å². The van der Waals surface area contributed by atoms with Crippen LogP contribution in [0.5, 0.6) is 0 Å². The molecule has 3 aromatic rings. The summed E-state index contributed by atoms with van der Waals surface area (Å²) in [5.41, 5.74) is 1.99. The van der Waals surface area contributed by atoms with Crippen LogP contribution < -0.4 is 5.32 Å². The quantitative estimate of drug-likeness (QED) is 0.617. The standard InChI is InChI=1S/C13H11N9/c1-8-16-12(18-17-8)9-2-4-11(5-3-9)15-7-10(6-14)13-19-21-22-20-13/h2-5,7,15H,1H3,(H,16,17,18)(H,19,20,21,22). The molecular weight excluding hydrogens is 282 g/mol. The van der Waals surface area contributed by atoms with Crippen molar-refractivity contribution >= 4 is 11.3 Å².